The van der Waals surface area contributed by atoms with Crippen molar-refractivity contribution in [1.29, 1.82) is 0 Å². The van der Waals surface area contributed by atoms with Crippen LogP contribution in [0.15, 0.2) is 0 Å². The van der Waals surface area contributed by atoms with Crippen molar-refractivity contribution in [2.24, 2.45) is 5.41 Å². The monoisotopic (exact) mass is 184 g/mol. The second-order valence-electron chi connectivity index (χ2n) is 4.08. The Bertz CT molecular complexity index is 169. The van der Waals surface area contributed by atoms with E-state index in [0.29, 0.717) is 0 Å². The maximum absolute atomic E-state index is 11.6. The van der Waals surface area contributed by atoms with Crippen LogP contribution in [0.3, 0.4) is 0 Å². The zero-order valence-corrected chi connectivity index (χ0v) is 8.77. The summed E-state index contributed by atoms with van der Waals surface area (Å²) in [6.45, 7) is 2.17. The lowest BCUT2D eigenvalue weighted by Gasteiger charge is -2.25. The van der Waals surface area contributed by atoms with Crippen LogP contribution < -0.4 is 0 Å². The number of unbranched alkanes of at least 4 members (excludes halogenated alkanes) is 1. The molecule has 1 saturated carbocycles. The first-order valence-electron chi connectivity index (χ1n) is 5.33. The number of ether oxygens (including phenoxy) is 1. The van der Waals surface area contributed by atoms with Crippen LogP contribution in [0.5, 0.6) is 0 Å². The van der Waals surface area contributed by atoms with Crippen LogP contribution in [0.4, 0.5) is 0 Å². The van der Waals surface area contributed by atoms with Gasteiger partial charge in [0.2, 0.25) is 0 Å². The SMILES string of the molecule is CCCCC1(C(=O)OC)CCCC1. The Balaban J connectivity index is 2.57. The maximum Gasteiger partial charge on any atom is 0.311 e. The molecule has 0 N–H and O–H groups in total. The van der Waals surface area contributed by atoms with Crippen LogP contribution in [0.25, 0.3) is 0 Å². The quantitative estimate of drug-likeness (QED) is 0.628. The normalized spacial score (nSPS) is 20.2. The van der Waals surface area contributed by atoms with Gasteiger partial charge in [0, 0.05) is 0 Å². The third kappa shape index (κ3) is 2.23. The van der Waals surface area contributed by atoms with Gasteiger partial charge in [-0.3, -0.25) is 4.79 Å². The standard InChI is InChI=1S/C11H20O2/c1-3-4-7-11(10(12)13-2)8-5-6-9-11/h3-9H2,1-2H3. The minimum Gasteiger partial charge on any atom is -0.469 e. The smallest absolute Gasteiger partial charge is 0.311 e. The lowest BCUT2D eigenvalue weighted by molar-refractivity contribution is -0.153. The van der Waals surface area contributed by atoms with Crippen LogP contribution >= 0.6 is 0 Å². The molecule has 0 heterocycles. The Labute approximate surface area is 80.7 Å². The van der Waals surface area contributed by atoms with E-state index in [1.807, 2.05) is 0 Å². The molecule has 0 radical (unpaired) electrons. The number of carbonyl (C=O) groups excluding carboxylic acids is 1. The van der Waals surface area contributed by atoms with E-state index < -0.39 is 0 Å². The van der Waals surface area contributed by atoms with Crippen molar-refractivity contribution in [3.8, 4) is 0 Å². The average Bonchev–Trinajstić information content (AvgIpc) is 2.63. The van der Waals surface area contributed by atoms with Crippen LogP contribution in [0, 0.1) is 5.41 Å². The van der Waals surface area contributed by atoms with E-state index in [4.69, 9.17) is 4.74 Å². The predicted molar refractivity (Wildman–Crippen MR) is 52.4 cm³/mol. The Hall–Kier alpha value is -0.530. The third-order valence-corrected chi connectivity index (χ3v) is 3.19. The lowest BCUT2D eigenvalue weighted by Crippen LogP contribution is -2.29. The molecular weight excluding hydrogens is 164 g/mol. The minimum atomic E-state index is -0.106. The molecule has 1 aliphatic carbocycles. The molecule has 0 amide bonds. The van der Waals surface area contributed by atoms with Crippen molar-refractivity contribution in [3.05, 3.63) is 0 Å². The molecular formula is C11H20O2. The summed E-state index contributed by atoms with van der Waals surface area (Å²) in [4.78, 5) is 11.6. The van der Waals surface area contributed by atoms with Crippen molar-refractivity contribution >= 4 is 5.97 Å². The molecule has 0 atom stereocenters. The summed E-state index contributed by atoms with van der Waals surface area (Å²) in [5.74, 6) is 0.0263. The highest BCUT2D eigenvalue weighted by molar-refractivity contribution is 5.77. The van der Waals surface area contributed by atoms with Crippen molar-refractivity contribution in [3.63, 3.8) is 0 Å². The van der Waals surface area contributed by atoms with Crippen LogP contribution in [0.1, 0.15) is 51.9 Å². The van der Waals surface area contributed by atoms with Gasteiger partial charge < -0.3 is 4.74 Å². The Morgan fingerprint density at radius 2 is 2.00 bits per heavy atom. The lowest BCUT2D eigenvalue weighted by atomic mass is 9.81. The molecule has 0 saturated heterocycles. The molecule has 1 aliphatic rings. The van der Waals surface area contributed by atoms with Crippen LogP contribution in [-0.4, -0.2) is 13.1 Å². The molecule has 0 aromatic carbocycles. The molecule has 0 bridgehead atoms. The first kappa shape index (κ1) is 10.6. The fourth-order valence-electron chi connectivity index (χ4n) is 2.34. The molecule has 0 spiro atoms. The fourth-order valence-corrected chi connectivity index (χ4v) is 2.34. The summed E-state index contributed by atoms with van der Waals surface area (Å²) in [5, 5.41) is 0. The van der Waals surface area contributed by atoms with Gasteiger partial charge in [0.05, 0.1) is 12.5 Å². The van der Waals surface area contributed by atoms with Gasteiger partial charge in [-0.1, -0.05) is 32.6 Å². The highest BCUT2D eigenvalue weighted by atomic mass is 16.5. The van der Waals surface area contributed by atoms with Gasteiger partial charge in [0.25, 0.3) is 0 Å². The van der Waals surface area contributed by atoms with E-state index in [0.717, 1.165) is 25.7 Å². The third-order valence-electron chi connectivity index (χ3n) is 3.19. The number of methoxy groups -OCH3 is 1. The van der Waals surface area contributed by atoms with E-state index in [-0.39, 0.29) is 11.4 Å². The summed E-state index contributed by atoms with van der Waals surface area (Å²) in [7, 11) is 1.51. The minimum absolute atomic E-state index is 0.0263. The van der Waals surface area contributed by atoms with Crippen molar-refractivity contribution in [2.75, 3.05) is 7.11 Å². The topological polar surface area (TPSA) is 26.3 Å². The molecule has 76 valence electrons. The van der Waals surface area contributed by atoms with E-state index in [9.17, 15) is 4.79 Å². The molecule has 0 unspecified atom stereocenters. The van der Waals surface area contributed by atoms with Gasteiger partial charge in [-0.2, -0.15) is 0 Å². The zero-order chi connectivity index (χ0) is 9.73. The Morgan fingerprint density at radius 1 is 1.38 bits per heavy atom. The first-order valence-corrected chi connectivity index (χ1v) is 5.33. The summed E-state index contributed by atoms with van der Waals surface area (Å²) in [5.41, 5.74) is -0.106. The zero-order valence-electron chi connectivity index (χ0n) is 8.77. The van der Waals surface area contributed by atoms with Gasteiger partial charge >= 0.3 is 5.97 Å². The predicted octanol–water partition coefficient (Wildman–Crippen LogP) is 2.91. The second kappa shape index (κ2) is 4.64. The number of rotatable bonds is 4. The van der Waals surface area contributed by atoms with Gasteiger partial charge in [-0.05, 0) is 19.3 Å². The maximum atomic E-state index is 11.6. The molecule has 2 heteroatoms. The van der Waals surface area contributed by atoms with Crippen molar-refractivity contribution < 1.29 is 9.53 Å². The molecule has 1 fully saturated rings. The Morgan fingerprint density at radius 3 is 2.46 bits per heavy atom. The van der Waals surface area contributed by atoms with Gasteiger partial charge in [0.1, 0.15) is 0 Å². The molecule has 0 aromatic rings. The first-order chi connectivity index (χ1) is 6.25. The summed E-state index contributed by atoms with van der Waals surface area (Å²) >= 11 is 0. The van der Waals surface area contributed by atoms with Crippen molar-refractivity contribution in [2.45, 2.75) is 51.9 Å². The summed E-state index contributed by atoms with van der Waals surface area (Å²) < 4.78 is 4.90. The molecule has 1 rings (SSSR count). The summed E-state index contributed by atoms with van der Waals surface area (Å²) in [6, 6.07) is 0. The Kier molecular flexibility index (Phi) is 3.76. The van der Waals surface area contributed by atoms with Gasteiger partial charge in [-0.15, -0.1) is 0 Å². The van der Waals surface area contributed by atoms with E-state index in [1.54, 1.807) is 0 Å². The molecule has 0 aromatic heterocycles. The molecule has 2 nitrogen and oxygen atoms in total. The highest BCUT2D eigenvalue weighted by Gasteiger charge is 2.41. The number of carbonyl (C=O) groups is 1. The average molecular weight is 184 g/mol. The van der Waals surface area contributed by atoms with Crippen LogP contribution in [0.2, 0.25) is 0 Å². The largest absolute Gasteiger partial charge is 0.469 e. The van der Waals surface area contributed by atoms with E-state index >= 15 is 0 Å². The second-order valence-corrected chi connectivity index (χ2v) is 4.08. The van der Waals surface area contributed by atoms with Gasteiger partial charge in [0.15, 0.2) is 0 Å². The number of hydrogen-bond acceptors (Lipinski definition) is 2. The van der Waals surface area contributed by atoms with Gasteiger partial charge in [-0.25, -0.2) is 0 Å². The van der Waals surface area contributed by atoms with Crippen molar-refractivity contribution in [1.82, 2.24) is 0 Å². The fraction of sp³-hybridized carbons (Fsp3) is 0.909. The number of hydrogen-bond donors (Lipinski definition) is 0. The van der Waals surface area contributed by atoms with E-state index in [2.05, 4.69) is 6.92 Å². The molecule has 13 heavy (non-hydrogen) atoms. The van der Waals surface area contributed by atoms with Crippen LogP contribution in [-0.2, 0) is 9.53 Å². The highest BCUT2D eigenvalue weighted by Crippen LogP contribution is 2.43. The molecule has 0 aliphatic heterocycles. The van der Waals surface area contributed by atoms with E-state index in [1.165, 1.54) is 26.4 Å². The summed E-state index contributed by atoms with van der Waals surface area (Å²) in [6.07, 6.45) is 7.81. The number of esters is 1.